The summed E-state index contributed by atoms with van der Waals surface area (Å²) in [5, 5.41) is 9.91. The Kier molecular flexibility index (Phi) is 5.87. The summed E-state index contributed by atoms with van der Waals surface area (Å²) >= 11 is 0. The molecule has 10 rings (SSSR count). The quantitative estimate of drug-likeness (QED) is 0.181. The second-order valence-corrected chi connectivity index (χ2v) is 12.5. The van der Waals surface area contributed by atoms with E-state index < -0.39 is 0 Å². The van der Waals surface area contributed by atoms with Crippen LogP contribution < -0.4 is 4.90 Å². The number of benzene rings is 8. The van der Waals surface area contributed by atoms with E-state index in [4.69, 9.17) is 4.42 Å². The van der Waals surface area contributed by atoms with E-state index in [-0.39, 0.29) is 0 Å². The zero-order valence-corrected chi connectivity index (χ0v) is 26.0. The molecule has 0 radical (unpaired) electrons. The minimum Gasteiger partial charge on any atom is -0.456 e. The van der Waals surface area contributed by atoms with Crippen LogP contribution in [0.2, 0.25) is 0 Å². The van der Waals surface area contributed by atoms with Crippen LogP contribution in [0, 0.1) is 0 Å². The van der Waals surface area contributed by atoms with Crippen molar-refractivity contribution in [2.24, 2.45) is 0 Å². The fourth-order valence-electron chi connectivity index (χ4n) is 7.40. The number of pyridine rings is 1. The third kappa shape index (κ3) is 4.25. The van der Waals surface area contributed by atoms with Crippen molar-refractivity contribution in [1.29, 1.82) is 0 Å². The molecule has 2 aromatic heterocycles. The summed E-state index contributed by atoms with van der Waals surface area (Å²) in [5.41, 5.74) is 9.62. The van der Waals surface area contributed by atoms with E-state index in [2.05, 4.69) is 155 Å². The lowest BCUT2D eigenvalue weighted by Crippen LogP contribution is -2.09. The molecule has 0 N–H and O–H groups in total. The maximum Gasteiger partial charge on any atom is 0.137 e. The number of nitrogens with zero attached hydrogens (tertiary/aromatic N) is 2. The highest BCUT2D eigenvalue weighted by molar-refractivity contribution is 6.24. The first-order chi connectivity index (χ1) is 23.8. The fraction of sp³-hybridized carbons (Fsp3) is 0. The lowest BCUT2D eigenvalue weighted by atomic mass is 9.89. The van der Waals surface area contributed by atoms with Crippen molar-refractivity contribution < 1.29 is 4.42 Å². The summed E-state index contributed by atoms with van der Waals surface area (Å²) in [4.78, 5) is 6.59. The molecular formula is C45H28N2O. The zero-order chi connectivity index (χ0) is 31.6. The molecule has 0 fully saturated rings. The third-order valence-corrected chi connectivity index (χ3v) is 9.61. The first kappa shape index (κ1) is 26.7. The summed E-state index contributed by atoms with van der Waals surface area (Å²) in [5.74, 6) is 0. The Morgan fingerprint density at radius 1 is 0.396 bits per heavy atom. The van der Waals surface area contributed by atoms with Crippen molar-refractivity contribution in [3.05, 3.63) is 170 Å². The van der Waals surface area contributed by atoms with Gasteiger partial charge in [0.15, 0.2) is 0 Å². The van der Waals surface area contributed by atoms with Crippen LogP contribution in [0.1, 0.15) is 0 Å². The molecule has 0 aliphatic heterocycles. The predicted octanol–water partition coefficient (Wildman–Crippen LogP) is 12.7. The van der Waals surface area contributed by atoms with E-state index >= 15 is 0 Å². The van der Waals surface area contributed by atoms with Crippen LogP contribution in [0.25, 0.3) is 76.5 Å². The molecule has 0 atom stereocenters. The molecule has 0 aliphatic rings. The highest BCUT2D eigenvalue weighted by Crippen LogP contribution is 2.42. The van der Waals surface area contributed by atoms with Gasteiger partial charge in [0.1, 0.15) is 11.2 Å². The number of para-hydroxylation sites is 1. The second-order valence-electron chi connectivity index (χ2n) is 12.5. The molecule has 0 saturated heterocycles. The second kappa shape index (κ2) is 10.5. The van der Waals surface area contributed by atoms with Crippen molar-refractivity contribution in [2.45, 2.75) is 0 Å². The number of hydrogen-bond donors (Lipinski definition) is 0. The van der Waals surface area contributed by atoms with Gasteiger partial charge in [0.2, 0.25) is 0 Å². The molecule has 3 heteroatoms. The molecule has 10 aromatic rings. The van der Waals surface area contributed by atoms with E-state index in [0.717, 1.165) is 44.6 Å². The van der Waals surface area contributed by atoms with Gasteiger partial charge in [-0.25, -0.2) is 0 Å². The maximum absolute atomic E-state index is 6.58. The number of rotatable bonds is 5. The molecule has 0 spiro atoms. The average molecular weight is 613 g/mol. The van der Waals surface area contributed by atoms with Crippen LogP contribution >= 0.6 is 0 Å². The van der Waals surface area contributed by atoms with Crippen LogP contribution in [0.4, 0.5) is 17.1 Å². The predicted molar refractivity (Wildman–Crippen MR) is 201 cm³/mol. The smallest absolute Gasteiger partial charge is 0.137 e. The summed E-state index contributed by atoms with van der Waals surface area (Å²) < 4.78 is 6.58. The van der Waals surface area contributed by atoms with E-state index in [9.17, 15) is 0 Å². The molecular weight excluding hydrogens is 585 g/mol. The van der Waals surface area contributed by atoms with Crippen LogP contribution in [0.5, 0.6) is 0 Å². The zero-order valence-electron chi connectivity index (χ0n) is 26.0. The van der Waals surface area contributed by atoms with Gasteiger partial charge in [-0.15, -0.1) is 0 Å². The Balaban J connectivity index is 1.07. The Morgan fingerprint density at radius 3 is 1.58 bits per heavy atom. The van der Waals surface area contributed by atoms with Crippen LogP contribution in [0.15, 0.2) is 175 Å². The van der Waals surface area contributed by atoms with Crippen LogP contribution in [0.3, 0.4) is 0 Å². The lowest BCUT2D eigenvalue weighted by Gasteiger charge is -2.24. The number of furan rings is 1. The largest absolute Gasteiger partial charge is 0.456 e. The van der Waals surface area contributed by atoms with Gasteiger partial charge in [0.05, 0.1) is 11.9 Å². The van der Waals surface area contributed by atoms with Gasteiger partial charge < -0.3 is 9.32 Å². The molecule has 0 unspecified atom stereocenters. The van der Waals surface area contributed by atoms with Crippen LogP contribution in [-0.2, 0) is 0 Å². The summed E-state index contributed by atoms with van der Waals surface area (Å²) in [6.07, 6.45) is 3.69. The van der Waals surface area contributed by atoms with E-state index in [1.165, 1.54) is 49.0 Å². The standard InChI is InChI=1S/C45H28N2O/c1-3-8-29(9-4-1)35-22-31-13-15-33-24-36(25-34-16-14-32(23-35)44(31)45(33)34)30-17-19-40-41-20-18-38(27-43(41)48-42(40)26-30)47(37-10-5-2-6-11-37)39-12-7-21-46-28-39/h1-28H. The van der Waals surface area contributed by atoms with E-state index in [1.807, 2.05) is 18.3 Å². The van der Waals surface area contributed by atoms with Crippen molar-refractivity contribution >= 4 is 71.3 Å². The lowest BCUT2D eigenvalue weighted by molar-refractivity contribution is 0.669. The normalized spacial score (nSPS) is 11.8. The minimum absolute atomic E-state index is 0.856. The van der Waals surface area contributed by atoms with Gasteiger partial charge in [0.25, 0.3) is 0 Å². The monoisotopic (exact) mass is 612 g/mol. The summed E-state index contributed by atoms with van der Waals surface area (Å²) in [7, 11) is 0. The number of hydrogen-bond acceptors (Lipinski definition) is 3. The van der Waals surface area contributed by atoms with Gasteiger partial charge in [0, 0.05) is 34.4 Å². The van der Waals surface area contributed by atoms with Gasteiger partial charge in [-0.3, -0.25) is 4.98 Å². The summed E-state index contributed by atoms with van der Waals surface area (Å²) in [6.45, 7) is 0. The first-order valence-electron chi connectivity index (χ1n) is 16.3. The van der Waals surface area contributed by atoms with Crippen molar-refractivity contribution in [3.8, 4) is 22.3 Å². The van der Waals surface area contributed by atoms with E-state index in [0.29, 0.717) is 0 Å². The molecule has 224 valence electrons. The fourth-order valence-corrected chi connectivity index (χ4v) is 7.40. The molecule has 48 heavy (non-hydrogen) atoms. The molecule has 3 nitrogen and oxygen atoms in total. The van der Waals surface area contributed by atoms with Crippen molar-refractivity contribution in [3.63, 3.8) is 0 Å². The Labute approximate surface area is 277 Å². The Bertz CT molecular complexity index is 2660. The Hall–Kier alpha value is -6.45. The highest BCUT2D eigenvalue weighted by Gasteiger charge is 2.17. The average Bonchev–Trinajstić information content (AvgIpc) is 3.52. The molecule has 0 aliphatic carbocycles. The van der Waals surface area contributed by atoms with Gasteiger partial charge in [-0.2, -0.15) is 0 Å². The molecule has 0 bridgehead atoms. The highest BCUT2D eigenvalue weighted by atomic mass is 16.3. The minimum atomic E-state index is 0.856. The maximum atomic E-state index is 6.58. The van der Waals surface area contributed by atoms with Crippen molar-refractivity contribution in [1.82, 2.24) is 4.98 Å². The SMILES string of the molecule is c1ccc(-c2cc3ccc4cc(-c5ccc6c(c5)oc5cc(N(c7ccccc7)c7cccnc7)ccc56)cc5ccc(c2)c3c45)cc1. The topological polar surface area (TPSA) is 29.3 Å². The molecule has 2 heterocycles. The van der Waals surface area contributed by atoms with Gasteiger partial charge >= 0.3 is 0 Å². The van der Waals surface area contributed by atoms with E-state index in [1.54, 1.807) is 6.20 Å². The molecule has 8 aromatic carbocycles. The summed E-state index contributed by atoms with van der Waals surface area (Å²) in [6, 6.07) is 56.4. The molecule has 0 amide bonds. The van der Waals surface area contributed by atoms with Crippen LogP contribution in [-0.4, -0.2) is 4.98 Å². The number of anilines is 3. The first-order valence-corrected chi connectivity index (χ1v) is 16.3. The van der Waals surface area contributed by atoms with Crippen molar-refractivity contribution in [2.75, 3.05) is 4.90 Å². The number of aromatic nitrogens is 1. The Morgan fingerprint density at radius 2 is 0.958 bits per heavy atom. The van der Waals surface area contributed by atoms with Gasteiger partial charge in [-0.05, 0) is 127 Å². The number of fused-ring (bicyclic) bond motifs is 3. The van der Waals surface area contributed by atoms with Gasteiger partial charge in [-0.1, -0.05) is 78.9 Å². The molecule has 0 saturated carbocycles. The third-order valence-electron chi connectivity index (χ3n) is 9.61.